The summed E-state index contributed by atoms with van der Waals surface area (Å²) in [5.74, 6) is 0.800. The monoisotopic (exact) mass is 260 g/mol. The van der Waals surface area contributed by atoms with Crippen LogP contribution >= 0.6 is 0 Å². The van der Waals surface area contributed by atoms with Crippen molar-refractivity contribution >= 4 is 0 Å². The molecule has 1 aliphatic heterocycles. The Bertz CT molecular complexity index is 364. The Balaban J connectivity index is 1.42. The maximum absolute atomic E-state index is 5.70. The van der Waals surface area contributed by atoms with Gasteiger partial charge in [0.05, 0.1) is 6.04 Å². The molecule has 1 heterocycles. The Morgan fingerprint density at radius 1 is 1.00 bits per heavy atom. The third kappa shape index (κ3) is 3.58. The lowest BCUT2D eigenvalue weighted by molar-refractivity contribution is -0.697. The van der Waals surface area contributed by atoms with Crippen LogP contribution in [0.15, 0.2) is 30.3 Å². The van der Waals surface area contributed by atoms with Crippen molar-refractivity contribution in [1.29, 1.82) is 0 Å². The fourth-order valence-electron chi connectivity index (χ4n) is 3.59. The van der Waals surface area contributed by atoms with E-state index in [0.29, 0.717) is 6.10 Å². The minimum atomic E-state index is 0.534. The van der Waals surface area contributed by atoms with Crippen molar-refractivity contribution in [2.24, 2.45) is 0 Å². The predicted octanol–water partition coefficient (Wildman–Crippen LogP) is 2.46. The van der Waals surface area contributed by atoms with Crippen LogP contribution in [0.2, 0.25) is 0 Å². The van der Waals surface area contributed by atoms with E-state index in [1.165, 1.54) is 45.1 Å². The molecule has 0 aromatic heterocycles. The van der Waals surface area contributed by atoms with Crippen LogP contribution in [0.5, 0.6) is 0 Å². The lowest BCUT2D eigenvalue weighted by atomic mass is 9.82. The van der Waals surface area contributed by atoms with Gasteiger partial charge in [-0.05, 0) is 50.0 Å². The normalized spacial score (nSPS) is 31.5. The summed E-state index contributed by atoms with van der Waals surface area (Å²) in [7, 11) is 0. The SMILES string of the molecule is c1ccc(C2CCC([NH2+]C[C@@H]3CCCO3)CC2)cc1. The largest absolute Gasteiger partial charge is 0.372 e. The molecule has 1 aliphatic carbocycles. The van der Waals surface area contributed by atoms with Crippen LogP contribution in [0.4, 0.5) is 0 Å². The van der Waals surface area contributed by atoms with Gasteiger partial charge in [-0.25, -0.2) is 0 Å². The Labute approximate surface area is 116 Å². The summed E-state index contributed by atoms with van der Waals surface area (Å²) < 4.78 is 5.70. The summed E-state index contributed by atoms with van der Waals surface area (Å²) in [5, 5.41) is 2.55. The van der Waals surface area contributed by atoms with E-state index in [-0.39, 0.29) is 0 Å². The van der Waals surface area contributed by atoms with Crippen LogP contribution in [-0.2, 0) is 4.74 Å². The number of hydrogen-bond acceptors (Lipinski definition) is 1. The molecule has 1 aromatic rings. The van der Waals surface area contributed by atoms with Crippen LogP contribution in [0, 0.1) is 0 Å². The number of ether oxygens (including phenoxy) is 1. The van der Waals surface area contributed by atoms with Crippen molar-refractivity contribution in [1.82, 2.24) is 0 Å². The molecule has 3 rings (SSSR count). The van der Waals surface area contributed by atoms with Crippen molar-refractivity contribution in [3.8, 4) is 0 Å². The molecule has 0 amide bonds. The highest BCUT2D eigenvalue weighted by molar-refractivity contribution is 5.19. The van der Waals surface area contributed by atoms with Crippen LogP contribution in [-0.4, -0.2) is 25.3 Å². The quantitative estimate of drug-likeness (QED) is 0.884. The molecule has 0 radical (unpaired) electrons. The molecule has 0 bridgehead atoms. The van der Waals surface area contributed by atoms with E-state index in [9.17, 15) is 0 Å². The molecule has 1 aromatic carbocycles. The first-order valence-electron chi connectivity index (χ1n) is 7.91. The third-order valence-electron chi connectivity index (χ3n) is 4.80. The van der Waals surface area contributed by atoms with Gasteiger partial charge in [0.2, 0.25) is 0 Å². The van der Waals surface area contributed by atoms with E-state index in [0.717, 1.165) is 18.6 Å². The van der Waals surface area contributed by atoms with Gasteiger partial charge in [-0.1, -0.05) is 30.3 Å². The lowest BCUT2D eigenvalue weighted by Crippen LogP contribution is -2.92. The molecule has 19 heavy (non-hydrogen) atoms. The average molecular weight is 260 g/mol. The zero-order valence-corrected chi connectivity index (χ0v) is 11.8. The van der Waals surface area contributed by atoms with Crippen LogP contribution in [0.25, 0.3) is 0 Å². The number of nitrogens with two attached hydrogens (primary N) is 1. The molecule has 0 unspecified atom stereocenters. The molecular formula is C17H26NO+. The van der Waals surface area contributed by atoms with E-state index in [4.69, 9.17) is 4.74 Å². The first kappa shape index (κ1) is 13.1. The Morgan fingerprint density at radius 3 is 2.47 bits per heavy atom. The molecule has 1 saturated carbocycles. The highest BCUT2D eigenvalue weighted by Crippen LogP contribution is 2.31. The Morgan fingerprint density at radius 2 is 1.79 bits per heavy atom. The van der Waals surface area contributed by atoms with Crippen LogP contribution in [0.3, 0.4) is 0 Å². The van der Waals surface area contributed by atoms with Crippen molar-refractivity contribution < 1.29 is 10.1 Å². The minimum absolute atomic E-state index is 0.534. The van der Waals surface area contributed by atoms with E-state index < -0.39 is 0 Å². The molecular weight excluding hydrogens is 234 g/mol. The zero-order valence-electron chi connectivity index (χ0n) is 11.8. The molecule has 2 fully saturated rings. The third-order valence-corrected chi connectivity index (χ3v) is 4.80. The Hall–Kier alpha value is -0.860. The molecule has 2 nitrogen and oxygen atoms in total. The van der Waals surface area contributed by atoms with Crippen molar-refractivity contribution in [3.05, 3.63) is 35.9 Å². The second kappa shape index (κ2) is 6.53. The zero-order chi connectivity index (χ0) is 12.9. The molecule has 104 valence electrons. The van der Waals surface area contributed by atoms with Gasteiger partial charge >= 0.3 is 0 Å². The standard InChI is InChI=1S/C17H25NO/c1-2-5-14(6-3-1)15-8-10-16(11-9-15)18-13-17-7-4-12-19-17/h1-3,5-6,15-18H,4,7-13H2/p+1/t15?,16?,17-/m0/s1. The fourth-order valence-corrected chi connectivity index (χ4v) is 3.59. The van der Waals surface area contributed by atoms with Gasteiger partial charge in [0.1, 0.15) is 12.6 Å². The Kier molecular flexibility index (Phi) is 4.52. The first-order chi connectivity index (χ1) is 9.42. The van der Waals surface area contributed by atoms with Gasteiger partial charge in [0.15, 0.2) is 0 Å². The highest BCUT2D eigenvalue weighted by Gasteiger charge is 2.26. The number of benzene rings is 1. The van der Waals surface area contributed by atoms with E-state index in [2.05, 4.69) is 35.6 Å². The second-order valence-electron chi connectivity index (χ2n) is 6.13. The van der Waals surface area contributed by atoms with Gasteiger partial charge in [-0.2, -0.15) is 0 Å². The van der Waals surface area contributed by atoms with E-state index >= 15 is 0 Å². The first-order valence-corrected chi connectivity index (χ1v) is 7.91. The summed E-state index contributed by atoms with van der Waals surface area (Å²) in [4.78, 5) is 0. The average Bonchev–Trinajstić information content (AvgIpc) is 3.00. The molecule has 1 atom stereocenters. The van der Waals surface area contributed by atoms with Crippen LogP contribution in [0.1, 0.15) is 50.0 Å². The van der Waals surface area contributed by atoms with E-state index in [1.807, 2.05) is 0 Å². The summed E-state index contributed by atoms with van der Waals surface area (Å²) in [6.07, 6.45) is 8.52. The summed E-state index contributed by atoms with van der Waals surface area (Å²) in [6, 6.07) is 11.9. The molecule has 2 heteroatoms. The predicted molar refractivity (Wildman–Crippen MR) is 77.2 cm³/mol. The van der Waals surface area contributed by atoms with Gasteiger partial charge in [-0.3, -0.25) is 0 Å². The van der Waals surface area contributed by atoms with Crippen molar-refractivity contribution in [2.45, 2.75) is 56.6 Å². The van der Waals surface area contributed by atoms with Gasteiger partial charge in [0, 0.05) is 6.61 Å². The lowest BCUT2D eigenvalue weighted by Gasteiger charge is -2.28. The minimum Gasteiger partial charge on any atom is -0.372 e. The second-order valence-corrected chi connectivity index (χ2v) is 6.13. The smallest absolute Gasteiger partial charge is 0.106 e. The molecule has 2 N–H and O–H groups in total. The van der Waals surface area contributed by atoms with Crippen LogP contribution < -0.4 is 5.32 Å². The van der Waals surface area contributed by atoms with Gasteiger partial charge in [0.25, 0.3) is 0 Å². The summed E-state index contributed by atoms with van der Waals surface area (Å²) >= 11 is 0. The van der Waals surface area contributed by atoms with Gasteiger partial charge in [-0.15, -0.1) is 0 Å². The molecule has 2 aliphatic rings. The highest BCUT2D eigenvalue weighted by atomic mass is 16.5. The van der Waals surface area contributed by atoms with Gasteiger partial charge < -0.3 is 10.1 Å². The van der Waals surface area contributed by atoms with E-state index in [1.54, 1.807) is 5.56 Å². The molecule has 0 spiro atoms. The maximum atomic E-state index is 5.70. The fraction of sp³-hybridized carbons (Fsp3) is 0.647. The number of rotatable bonds is 4. The van der Waals surface area contributed by atoms with Crippen molar-refractivity contribution in [3.63, 3.8) is 0 Å². The summed E-state index contributed by atoms with van der Waals surface area (Å²) in [6.45, 7) is 2.17. The summed E-state index contributed by atoms with van der Waals surface area (Å²) in [5.41, 5.74) is 1.54. The number of hydrogen-bond donors (Lipinski definition) is 1. The molecule has 1 saturated heterocycles. The topological polar surface area (TPSA) is 25.8 Å². The maximum Gasteiger partial charge on any atom is 0.106 e. The van der Waals surface area contributed by atoms with Crippen molar-refractivity contribution in [2.75, 3.05) is 13.2 Å². The number of quaternary nitrogens is 1.